The SMILES string of the molecule is COc1cc(C)c(CN(C(=O)CN2C[C@H](C)CC2=O)C2CCCCC2)cc1C. The largest absolute Gasteiger partial charge is 0.496 e. The van der Waals surface area contributed by atoms with Gasteiger partial charge in [-0.1, -0.05) is 32.3 Å². The molecular weight excluding hydrogens is 352 g/mol. The summed E-state index contributed by atoms with van der Waals surface area (Å²) >= 11 is 0. The summed E-state index contributed by atoms with van der Waals surface area (Å²) < 4.78 is 5.44. The van der Waals surface area contributed by atoms with Gasteiger partial charge in [0, 0.05) is 25.6 Å². The van der Waals surface area contributed by atoms with Crippen LogP contribution in [0.2, 0.25) is 0 Å². The van der Waals surface area contributed by atoms with Crippen molar-refractivity contribution in [3.8, 4) is 5.75 Å². The first-order valence-electron chi connectivity index (χ1n) is 10.6. The van der Waals surface area contributed by atoms with Crippen LogP contribution in [-0.2, 0) is 16.1 Å². The molecule has 1 heterocycles. The smallest absolute Gasteiger partial charge is 0.242 e. The van der Waals surface area contributed by atoms with Crippen molar-refractivity contribution in [3.05, 3.63) is 28.8 Å². The number of amides is 2. The van der Waals surface area contributed by atoms with Gasteiger partial charge >= 0.3 is 0 Å². The number of hydrogen-bond acceptors (Lipinski definition) is 3. The lowest BCUT2D eigenvalue weighted by Gasteiger charge is -2.36. The van der Waals surface area contributed by atoms with Gasteiger partial charge in [0.05, 0.1) is 13.7 Å². The summed E-state index contributed by atoms with van der Waals surface area (Å²) in [4.78, 5) is 29.3. The molecule has 2 aliphatic rings. The van der Waals surface area contributed by atoms with Gasteiger partial charge in [-0.15, -0.1) is 0 Å². The summed E-state index contributed by atoms with van der Waals surface area (Å²) in [6.45, 7) is 7.71. The molecule has 0 spiro atoms. The van der Waals surface area contributed by atoms with Gasteiger partial charge in [-0.25, -0.2) is 0 Å². The van der Waals surface area contributed by atoms with Crippen LogP contribution in [-0.4, -0.2) is 47.9 Å². The van der Waals surface area contributed by atoms with Crippen LogP contribution in [0, 0.1) is 19.8 Å². The molecule has 154 valence electrons. The maximum absolute atomic E-state index is 13.3. The zero-order chi connectivity index (χ0) is 20.3. The van der Waals surface area contributed by atoms with E-state index in [0.29, 0.717) is 25.4 Å². The van der Waals surface area contributed by atoms with E-state index in [-0.39, 0.29) is 24.4 Å². The van der Waals surface area contributed by atoms with Crippen LogP contribution in [0.1, 0.15) is 62.1 Å². The molecular formula is C23H34N2O3. The molecule has 2 fully saturated rings. The van der Waals surface area contributed by atoms with Crippen molar-refractivity contribution in [2.45, 2.75) is 71.9 Å². The van der Waals surface area contributed by atoms with Crippen LogP contribution in [0.5, 0.6) is 5.75 Å². The van der Waals surface area contributed by atoms with Crippen molar-refractivity contribution in [1.82, 2.24) is 9.80 Å². The quantitative estimate of drug-likeness (QED) is 0.746. The Hall–Kier alpha value is -2.04. The fourth-order valence-electron chi connectivity index (χ4n) is 4.61. The highest BCUT2D eigenvalue weighted by Crippen LogP contribution is 2.28. The summed E-state index contributed by atoms with van der Waals surface area (Å²) in [7, 11) is 1.69. The lowest BCUT2D eigenvalue weighted by molar-refractivity contribution is -0.141. The molecule has 1 aliphatic carbocycles. The van der Waals surface area contributed by atoms with Crippen molar-refractivity contribution in [2.75, 3.05) is 20.2 Å². The molecule has 0 aromatic heterocycles. The molecule has 3 rings (SSSR count). The van der Waals surface area contributed by atoms with Crippen LogP contribution in [0.15, 0.2) is 12.1 Å². The molecule has 1 aromatic rings. The van der Waals surface area contributed by atoms with Gasteiger partial charge in [0.1, 0.15) is 5.75 Å². The third kappa shape index (κ3) is 4.68. The number of likely N-dealkylation sites (tertiary alicyclic amines) is 1. The van der Waals surface area contributed by atoms with Gasteiger partial charge < -0.3 is 14.5 Å². The topological polar surface area (TPSA) is 49.9 Å². The van der Waals surface area contributed by atoms with Gasteiger partial charge in [0.2, 0.25) is 11.8 Å². The molecule has 1 atom stereocenters. The van der Waals surface area contributed by atoms with Crippen LogP contribution in [0.3, 0.4) is 0 Å². The van der Waals surface area contributed by atoms with Crippen molar-refractivity contribution < 1.29 is 14.3 Å². The van der Waals surface area contributed by atoms with E-state index in [9.17, 15) is 9.59 Å². The number of nitrogens with zero attached hydrogens (tertiary/aromatic N) is 2. The Balaban J connectivity index is 1.80. The number of carbonyl (C=O) groups excluding carboxylic acids is 2. The van der Waals surface area contributed by atoms with E-state index < -0.39 is 0 Å². The zero-order valence-electron chi connectivity index (χ0n) is 17.8. The molecule has 0 radical (unpaired) electrons. The molecule has 0 bridgehead atoms. The monoisotopic (exact) mass is 386 g/mol. The summed E-state index contributed by atoms with van der Waals surface area (Å²) in [5.41, 5.74) is 3.39. The van der Waals surface area contributed by atoms with Crippen molar-refractivity contribution in [1.29, 1.82) is 0 Å². The lowest BCUT2D eigenvalue weighted by atomic mass is 9.93. The second kappa shape index (κ2) is 8.97. The Morgan fingerprint density at radius 3 is 2.50 bits per heavy atom. The Morgan fingerprint density at radius 2 is 1.89 bits per heavy atom. The minimum atomic E-state index is 0.0854. The second-order valence-electron chi connectivity index (χ2n) is 8.65. The number of ether oxygens (including phenoxy) is 1. The molecule has 1 saturated heterocycles. The van der Waals surface area contributed by atoms with E-state index in [1.54, 1.807) is 12.0 Å². The molecule has 28 heavy (non-hydrogen) atoms. The average molecular weight is 387 g/mol. The van der Waals surface area contributed by atoms with E-state index in [1.165, 1.54) is 24.8 Å². The molecule has 5 nitrogen and oxygen atoms in total. The summed E-state index contributed by atoms with van der Waals surface area (Å²) in [5, 5.41) is 0. The Morgan fingerprint density at radius 1 is 1.18 bits per heavy atom. The predicted octanol–water partition coefficient (Wildman–Crippen LogP) is 3.84. The first-order valence-corrected chi connectivity index (χ1v) is 10.6. The highest BCUT2D eigenvalue weighted by molar-refractivity contribution is 5.86. The number of rotatable bonds is 6. The first-order chi connectivity index (χ1) is 13.4. The molecule has 1 aromatic carbocycles. The minimum Gasteiger partial charge on any atom is -0.496 e. The van der Waals surface area contributed by atoms with Gasteiger partial charge in [0.15, 0.2) is 0 Å². The Kier molecular flexibility index (Phi) is 6.63. The summed E-state index contributed by atoms with van der Waals surface area (Å²) in [5.74, 6) is 1.42. The molecule has 1 saturated carbocycles. The van der Waals surface area contributed by atoms with Crippen molar-refractivity contribution in [2.24, 2.45) is 5.92 Å². The van der Waals surface area contributed by atoms with E-state index in [0.717, 1.165) is 29.7 Å². The number of hydrogen-bond donors (Lipinski definition) is 0. The number of benzene rings is 1. The van der Waals surface area contributed by atoms with Crippen LogP contribution in [0.4, 0.5) is 0 Å². The highest BCUT2D eigenvalue weighted by Gasteiger charge is 2.32. The standard InChI is InChI=1S/C23H34N2O3/c1-16-10-22(26)24(13-16)15-23(27)25(20-8-6-5-7-9-20)14-19-11-18(3)21(28-4)12-17(19)2/h11-12,16,20H,5-10,13-15H2,1-4H3/t16-/m1/s1. The summed E-state index contributed by atoms with van der Waals surface area (Å²) in [6.07, 6.45) is 6.28. The molecule has 0 N–H and O–H groups in total. The Labute approximate surface area is 169 Å². The minimum absolute atomic E-state index is 0.0854. The van der Waals surface area contributed by atoms with E-state index >= 15 is 0 Å². The fourth-order valence-corrected chi connectivity index (χ4v) is 4.61. The third-order valence-corrected chi connectivity index (χ3v) is 6.26. The van der Waals surface area contributed by atoms with Gasteiger partial charge in [-0.2, -0.15) is 0 Å². The maximum atomic E-state index is 13.3. The van der Waals surface area contributed by atoms with Gasteiger partial charge in [0.25, 0.3) is 0 Å². The number of methoxy groups -OCH3 is 1. The molecule has 5 heteroatoms. The number of aryl methyl sites for hydroxylation is 2. The number of carbonyl (C=O) groups is 2. The van der Waals surface area contributed by atoms with E-state index in [1.807, 2.05) is 11.8 Å². The van der Waals surface area contributed by atoms with Gasteiger partial charge in [-0.05, 0) is 55.4 Å². The normalized spacial score (nSPS) is 20.5. The van der Waals surface area contributed by atoms with E-state index in [4.69, 9.17) is 4.74 Å². The van der Waals surface area contributed by atoms with Crippen LogP contribution in [0.25, 0.3) is 0 Å². The first kappa shape index (κ1) is 20.7. The molecule has 1 aliphatic heterocycles. The van der Waals surface area contributed by atoms with Gasteiger partial charge in [-0.3, -0.25) is 9.59 Å². The predicted molar refractivity (Wildman–Crippen MR) is 110 cm³/mol. The lowest BCUT2D eigenvalue weighted by Crippen LogP contribution is -2.46. The zero-order valence-corrected chi connectivity index (χ0v) is 17.8. The van der Waals surface area contributed by atoms with Crippen molar-refractivity contribution >= 4 is 11.8 Å². The summed E-state index contributed by atoms with van der Waals surface area (Å²) in [6, 6.07) is 4.47. The highest BCUT2D eigenvalue weighted by atomic mass is 16.5. The third-order valence-electron chi connectivity index (χ3n) is 6.26. The molecule has 2 amide bonds. The average Bonchev–Trinajstić information content (AvgIpc) is 2.99. The molecule has 0 unspecified atom stereocenters. The fraction of sp³-hybridized carbons (Fsp3) is 0.652. The van der Waals surface area contributed by atoms with Crippen molar-refractivity contribution in [3.63, 3.8) is 0 Å². The van der Waals surface area contributed by atoms with E-state index in [2.05, 4.69) is 26.0 Å². The van der Waals surface area contributed by atoms with Crippen LogP contribution >= 0.6 is 0 Å². The maximum Gasteiger partial charge on any atom is 0.242 e. The second-order valence-corrected chi connectivity index (χ2v) is 8.65. The van der Waals surface area contributed by atoms with Crippen LogP contribution < -0.4 is 4.74 Å². The Bertz CT molecular complexity index is 725.